The van der Waals surface area contributed by atoms with Crippen molar-refractivity contribution in [1.29, 1.82) is 0 Å². The van der Waals surface area contributed by atoms with Crippen LogP contribution < -0.4 is 4.90 Å². The summed E-state index contributed by atoms with van der Waals surface area (Å²) in [4.78, 5) is 30.5. The number of carbonyl (C=O) groups is 2. The standard InChI is InChI=1S/C45H31NO2/c1-31-26-27-34(43(47)32-16-6-2-7-17-32)28-35-29-36(44(48)33-18-8-3-9-19-33)30-40-42(35)46(31)41-25-15-14-24-39(41)45(40,37-20-10-4-11-21-37)38-22-12-5-13-23-38/h2-30H,1H2/b27-26-,34-28+. The minimum absolute atomic E-state index is 0.0872. The molecule has 2 aliphatic rings. The Kier molecular flexibility index (Phi) is 7.15. The van der Waals surface area contributed by atoms with Crippen LogP contribution in [0.5, 0.6) is 0 Å². The summed E-state index contributed by atoms with van der Waals surface area (Å²) in [7, 11) is 0. The van der Waals surface area contributed by atoms with E-state index in [0.29, 0.717) is 28.0 Å². The van der Waals surface area contributed by atoms with Gasteiger partial charge in [0.1, 0.15) is 0 Å². The number of ketones is 2. The van der Waals surface area contributed by atoms with Crippen molar-refractivity contribution in [2.75, 3.05) is 4.90 Å². The lowest BCUT2D eigenvalue weighted by Gasteiger charge is -2.47. The summed E-state index contributed by atoms with van der Waals surface area (Å²) in [6.45, 7) is 4.54. The molecule has 6 aromatic carbocycles. The quantitative estimate of drug-likeness (QED) is 0.175. The lowest BCUT2D eigenvalue weighted by atomic mass is 9.61. The van der Waals surface area contributed by atoms with Crippen molar-refractivity contribution >= 4 is 29.0 Å². The first-order valence-electron chi connectivity index (χ1n) is 16.0. The molecule has 3 heteroatoms. The molecule has 0 radical (unpaired) electrons. The fourth-order valence-electron chi connectivity index (χ4n) is 7.28. The molecule has 3 nitrogen and oxygen atoms in total. The molecule has 0 aromatic heterocycles. The molecule has 48 heavy (non-hydrogen) atoms. The largest absolute Gasteiger partial charge is 0.310 e. The van der Waals surface area contributed by atoms with E-state index in [1.54, 1.807) is 0 Å². The molecule has 0 spiro atoms. The maximum Gasteiger partial charge on any atom is 0.193 e. The van der Waals surface area contributed by atoms with Crippen LogP contribution in [0.3, 0.4) is 0 Å². The van der Waals surface area contributed by atoms with Gasteiger partial charge in [-0.3, -0.25) is 9.59 Å². The number of hydrogen-bond acceptors (Lipinski definition) is 3. The number of allylic oxidation sites excluding steroid dienone is 3. The summed E-state index contributed by atoms with van der Waals surface area (Å²) in [6, 6.07) is 52.0. The highest BCUT2D eigenvalue weighted by Crippen LogP contribution is 2.58. The van der Waals surface area contributed by atoms with E-state index in [9.17, 15) is 9.59 Å². The van der Waals surface area contributed by atoms with E-state index in [1.165, 1.54) is 0 Å². The van der Waals surface area contributed by atoms with Gasteiger partial charge in [-0.15, -0.1) is 0 Å². The highest BCUT2D eigenvalue weighted by molar-refractivity contribution is 6.15. The second-order valence-corrected chi connectivity index (χ2v) is 12.1. The van der Waals surface area contributed by atoms with Crippen LogP contribution in [0.2, 0.25) is 0 Å². The number of benzene rings is 6. The minimum Gasteiger partial charge on any atom is -0.310 e. The third kappa shape index (κ3) is 4.59. The molecule has 0 N–H and O–H groups in total. The zero-order valence-electron chi connectivity index (χ0n) is 26.2. The monoisotopic (exact) mass is 617 g/mol. The second kappa shape index (κ2) is 11.8. The number of nitrogens with zero attached hydrogens (tertiary/aromatic N) is 1. The molecular formula is C45H31NO2. The predicted molar refractivity (Wildman–Crippen MR) is 194 cm³/mol. The van der Waals surface area contributed by atoms with Crippen LogP contribution in [0.25, 0.3) is 6.08 Å². The van der Waals surface area contributed by atoms with E-state index in [-0.39, 0.29) is 11.6 Å². The van der Waals surface area contributed by atoms with Crippen molar-refractivity contribution in [2.24, 2.45) is 0 Å². The minimum atomic E-state index is -0.798. The van der Waals surface area contributed by atoms with Crippen molar-refractivity contribution in [1.82, 2.24) is 0 Å². The Balaban J connectivity index is 1.53. The summed E-state index contributed by atoms with van der Waals surface area (Å²) < 4.78 is 0. The summed E-state index contributed by atoms with van der Waals surface area (Å²) >= 11 is 0. The van der Waals surface area contributed by atoms with Gasteiger partial charge in [0.2, 0.25) is 0 Å². The van der Waals surface area contributed by atoms with Crippen molar-refractivity contribution in [2.45, 2.75) is 5.41 Å². The van der Waals surface area contributed by atoms with Crippen molar-refractivity contribution in [3.8, 4) is 0 Å². The fourth-order valence-corrected chi connectivity index (χ4v) is 7.28. The first-order valence-corrected chi connectivity index (χ1v) is 16.0. The number of para-hydroxylation sites is 1. The molecule has 0 bridgehead atoms. The summed E-state index contributed by atoms with van der Waals surface area (Å²) in [6.07, 6.45) is 5.68. The first-order chi connectivity index (χ1) is 23.6. The lowest BCUT2D eigenvalue weighted by Crippen LogP contribution is -2.39. The van der Waals surface area contributed by atoms with E-state index in [1.807, 2.05) is 103 Å². The molecular weight excluding hydrogens is 587 g/mol. The molecule has 0 atom stereocenters. The number of Topliss-reactive ketones (excluding diaryl/α,β-unsaturated/α-hetero) is 1. The number of hydrogen-bond donors (Lipinski definition) is 0. The van der Waals surface area contributed by atoms with Gasteiger partial charge in [-0.05, 0) is 58.7 Å². The topological polar surface area (TPSA) is 37.4 Å². The van der Waals surface area contributed by atoms with Gasteiger partial charge in [0.15, 0.2) is 11.6 Å². The molecule has 0 fully saturated rings. The third-order valence-corrected chi connectivity index (χ3v) is 9.38. The molecule has 0 unspecified atom stereocenters. The maximum absolute atomic E-state index is 14.4. The Morgan fingerprint density at radius 1 is 0.521 bits per heavy atom. The van der Waals surface area contributed by atoms with E-state index in [2.05, 4.69) is 84.3 Å². The number of carbonyl (C=O) groups excluding carboxylic acids is 2. The Morgan fingerprint density at radius 2 is 1.04 bits per heavy atom. The molecule has 228 valence electrons. The fraction of sp³-hybridized carbons (Fsp3) is 0.0222. The van der Waals surface area contributed by atoms with Crippen LogP contribution in [0.4, 0.5) is 11.4 Å². The lowest BCUT2D eigenvalue weighted by molar-refractivity contribution is 0.103. The van der Waals surface area contributed by atoms with Gasteiger partial charge in [0.05, 0.1) is 16.8 Å². The molecule has 0 amide bonds. The van der Waals surface area contributed by atoms with Gasteiger partial charge >= 0.3 is 0 Å². The molecule has 0 aliphatic carbocycles. The smallest absolute Gasteiger partial charge is 0.193 e. The maximum atomic E-state index is 14.4. The molecule has 6 aromatic rings. The Morgan fingerprint density at radius 3 is 1.65 bits per heavy atom. The third-order valence-electron chi connectivity index (χ3n) is 9.38. The van der Waals surface area contributed by atoms with Gasteiger partial charge in [0, 0.05) is 33.5 Å². The van der Waals surface area contributed by atoms with E-state index >= 15 is 0 Å². The van der Waals surface area contributed by atoms with Crippen LogP contribution in [0, 0.1) is 0 Å². The van der Waals surface area contributed by atoms with Crippen LogP contribution in [-0.4, -0.2) is 11.6 Å². The van der Waals surface area contributed by atoms with Crippen molar-refractivity contribution < 1.29 is 9.59 Å². The Bertz CT molecular complexity index is 2230. The molecule has 8 rings (SSSR count). The van der Waals surface area contributed by atoms with E-state index in [0.717, 1.165) is 39.2 Å². The predicted octanol–water partition coefficient (Wildman–Crippen LogP) is 10.1. The molecule has 2 aliphatic heterocycles. The molecule has 0 saturated carbocycles. The Labute approximate surface area is 280 Å². The van der Waals surface area contributed by atoms with Gasteiger partial charge in [-0.2, -0.15) is 0 Å². The van der Waals surface area contributed by atoms with Crippen LogP contribution >= 0.6 is 0 Å². The number of anilines is 2. The highest BCUT2D eigenvalue weighted by Gasteiger charge is 2.47. The van der Waals surface area contributed by atoms with Crippen LogP contribution in [-0.2, 0) is 5.41 Å². The Hall–Kier alpha value is -6.32. The second-order valence-electron chi connectivity index (χ2n) is 12.1. The van der Waals surface area contributed by atoms with Gasteiger partial charge in [-0.1, -0.05) is 146 Å². The number of rotatable bonds is 6. The normalized spacial score (nSPS) is 16.0. The number of fused-ring (bicyclic) bond motifs is 2. The van der Waals surface area contributed by atoms with Crippen LogP contribution in [0.15, 0.2) is 188 Å². The zero-order valence-corrected chi connectivity index (χ0v) is 26.2. The SMILES string of the molecule is C=C1/C=C\C(C(=O)c2ccccc2)=C/c2cc(C(=O)c3ccccc3)cc3c2N1c1ccccc1C3(c1ccccc1)c1ccccc1. The van der Waals surface area contributed by atoms with Gasteiger partial charge < -0.3 is 4.90 Å². The van der Waals surface area contributed by atoms with Crippen molar-refractivity contribution in [3.63, 3.8) is 0 Å². The summed E-state index contributed by atoms with van der Waals surface area (Å²) in [5, 5.41) is 0. The zero-order chi connectivity index (χ0) is 32.7. The summed E-state index contributed by atoms with van der Waals surface area (Å²) in [5.74, 6) is -0.189. The molecule has 2 heterocycles. The molecule has 0 saturated heterocycles. The van der Waals surface area contributed by atoms with Crippen LogP contribution in [0.1, 0.15) is 54.1 Å². The van der Waals surface area contributed by atoms with Gasteiger partial charge in [-0.25, -0.2) is 0 Å². The first kappa shape index (κ1) is 29.1. The average molecular weight is 618 g/mol. The van der Waals surface area contributed by atoms with Gasteiger partial charge in [0.25, 0.3) is 0 Å². The van der Waals surface area contributed by atoms with E-state index < -0.39 is 5.41 Å². The van der Waals surface area contributed by atoms with Crippen molar-refractivity contribution in [3.05, 3.63) is 232 Å². The summed E-state index contributed by atoms with van der Waals surface area (Å²) in [5.41, 5.74) is 8.96. The highest BCUT2D eigenvalue weighted by atomic mass is 16.1. The van der Waals surface area contributed by atoms with E-state index in [4.69, 9.17) is 0 Å². The average Bonchev–Trinajstić information content (AvgIpc) is 3.15.